The number of nitrogens with one attached hydrogen (secondary N) is 3. The van der Waals surface area contributed by atoms with E-state index in [1.807, 2.05) is 36.4 Å². The Kier molecular flexibility index (Phi) is 4.27. The number of aromatic amines is 1. The van der Waals surface area contributed by atoms with Crippen LogP contribution in [0, 0.1) is 0 Å². The van der Waals surface area contributed by atoms with Crippen LogP contribution in [0.2, 0.25) is 0 Å². The minimum Gasteiger partial charge on any atom is -0.486 e. The third kappa shape index (κ3) is 3.35. The zero-order valence-corrected chi connectivity index (χ0v) is 15.5. The Morgan fingerprint density at radius 2 is 1.96 bits per heavy atom. The van der Waals surface area contributed by atoms with Crippen molar-refractivity contribution in [2.24, 2.45) is 0 Å². The molecular weight excluding hydrogens is 356 g/mol. The highest BCUT2D eigenvalue weighted by atomic mass is 16.6. The Morgan fingerprint density at radius 1 is 1.11 bits per heavy atom. The minimum absolute atomic E-state index is 0.123. The Bertz CT molecular complexity index is 1030. The number of rotatable bonds is 5. The van der Waals surface area contributed by atoms with Crippen molar-refractivity contribution >= 4 is 28.3 Å². The largest absolute Gasteiger partial charge is 0.486 e. The lowest BCUT2D eigenvalue weighted by atomic mass is 9.93. The number of hydrogen-bond acceptors (Lipinski definition) is 5. The van der Waals surface area contributed by atoms with Crippen molar-refractivity contribution in [2.45, 2.75) is 31.7 Å². The fraction of sp³-hybridized carbons (Fsp3) is 0.333. The van der Waals surface area contributed by atoms with Crippen LogP contribution in [0.5, 0.6) is 11.5 Å². The maximum Gasteiger partial charge on any atom is 0.230 e. The van der Waals surface area contributed by atoms with E-state index in [9.17, 15) is 4.79 Å². The van der Waals surface area contributed by atoms with Crippen molar-refractivity contribution in [1.29, 1.82) is 0 Å². The summed E-state index contributed by atoms with van der Waals surface area (Å²) in [6, 6.07) is 12.2. The van der Waals surface area contributed by atoms with Gasteiger partial charge in [0.1, 0.15) is 13.2 Å². The molecule has 1 amide bonds. The van der Waals surface area contributed by atoms with Crippen LogP contribution in [0.3, 0.4) is 0 Å². The summed E-state index contributed by atoms with van der Waals surface area (Å²) in [4.78, 5) is 12.6. The van der Waals surface area contributed by atoms with E-state index in [-0.39, 0.29) is 12.3 Å². The van der Waals surface area contributed by atoms with Gasteiger partial charge >= 0.3 is 0 Å². The molecule has 1 aliphatic carbocycles. The number of amides is 1. The highest BCUT2D eigenvalue weighted by molar-refractivity contribution is 6.01. The molecular formula is C21H22N4O3. The topological polar surface area (TPSA) is 88.3 Å². The first kappa shape index (κ1) is 16.9. The van der Waals surface area contributed by atoms with Crippen LogP contribution in [-0.2, 0) is 11.2 Å². The molecule has 1 fully saturated rings. The lowest BCUT2D eigenvalue weighted by molar-refractivity contribution is -0.115. The number of H-pyrrole nitrogens is 1. The molecule has 7 heteroatoms. The normalized spacial score (nSPS) is 15.9. The van der Waals surface area contributed by atoms with E-state index < -0.39 is 0 Å². The SMILES string of the molecule is O=C(Cc1ccc2c(c1)OCCO2)Nc1n[nH]c2ccc(NC3CCC3)cc12. The maximum absolute atomic E-state index is 12.6. The number of hydrogen-bond donors (Lipinski definition) is 3. The number of ether oxygens (including phenoxy) is 2. The number of carbonyl (C=O) groups excluding carboxylic acids is 1. The van der Waals surface area contributed by atoms with Crippen LogP contribution in [0.4, 0.5) is 11.5 Å². The fourth-order valence-electron chi connectivity index (χ4n) is 3.55. The molecule has 0 unspecified atom stereocenters. The van der Waals surface area contributed by atoms with Gasteiger partial charge in [0.2, 0.25) is 5.91 Å². The third-order valence-corrected chi connectivity index (χ3v) is 5.27. The van der Waals surface area contributed by atoms with E-state index in [1.165, 1.54) is 19.3 Å². The Labute approximate surface area is 162 Å². The lowest BCUT2D eigenvalue weighted by Gasteiger charge is -2.27. The van der Waals surface area contributed by atoms with E-state index in [0.717, 1.165) is 27.9 Å². The molecule has 144 valence electrons. The van der Waals surface area contributed by atoms with Crippen molar-refractivity contribution in [3.05, 3.63) is 42.0 Å². The first-order valence-electron chi connectivity index (χ1n) is 9.68. The molecule has 0 bridgehead atoms. The molecule has 0 saturated heterocycles. The van der Waals surface area contributed by atoms with E-state index in [2.05, 4.69) is 20.8 Å². The van der Waals surface area contributed by atoms with Crippen molar-refractivity contribution < 1.29 is 14.3 Å². The lowest BCUT2D eigenvalue weighted by Crippen LogP contribution is -2.26. The van der Waals surface area contributed by atoms with Gasteiger partial charge < -0.3 is 20.1 Å². The summed E-state index contributed by atoms with van der Waals surface area (Å²) in [5, 5.41) is 14.6. The molecule has 2 aliphatic rings. The summed E-state index contributed by atoms with van der Waals surface area (Å²) < 4.78 is 11.1. The van der Waals surface area contributed by atoms with Crippen molar-refractivity contribution in [3.63, 3.8) is 0 Å². The Hall–Kier alpha value is -3.22. The van der Waals surface area contributed by atoms with Crippen molar-refractivity contribution in [3.8, 4) is 11.5 Å². The van der Waals surface area contributed by atoms with Gasteiger partial charge in [0.15, 0.2) is 17.3 Å². The van der Waals surface area contributed by atoms with E-state index >= 15 is 0 Å². The molecule has 0 spiro atoms. The zero-order valence-electron chi connectivity index (χ0n) is 15.5. The average Bonchev–Trinajstić information content (AvgIpc) is 3.06. The molecule has 1 saturated carbocycles. The number of nitrogens with zero attached hydrogens (tertiary/aromatic N) is 1. The number of carbonyl (C=O) groups is 1. The van der Waals surface area contributed by atoms with Gasteiger partial charge in [-0.25, -0.2) is 0 Å². The highest BCUT2D eigenvalue weighted by Crippen LogP contribution is 2.31. The van der Waals surface area contributed by atoms with Crippen molar-refractivity contribution in [2.75, 3.05) is 23.8 Å². The first-order chi connectivity index (χ1) is 13.7. The molecule has 1 aromatic heterocycles. The fourth-order valence-corrected chi connectivity index (χ4v) is 3.55. The molecule has 5 rings (SSSR count). The van der Waals surface area contributed by atoms with Gasteiger partial charge in [-0.05, 0) is 55.2 Å². The molecule has 2 aromatic carbocycles. The second-order valence-corrected chi connectivity index (χ2v) is 7.31. The first-order valence-corrected chi connectivity index (χ1v) is 9.68. The van der Waals surface area contributed by atoms with Crippen LogP contribution in [-0.4, -0.2) is 35.4 Å². The molecule has 2 heterocycles. The van der Waals surface area contributed by atoms with Gasteiger partial charge in [-0.1, -0.05) is 6.07 Å². The highest BCUT2D eigenvalue weighted by Gasteiger charge is 2.18. The summed E-state index contributed by atoms with van der Waals surface area (Å²) in [7, 11) is 0. The molecule has 28 heavy (non-hydrogen) atoms. The van der Waals surface area contributed by atoms with Crippen LogP contribution in [0.1, 0.15) is 24.8 Å². The van der Waals surface area contributed by atoms with E-state index in [1.54, 1.807) is 0 Å². The number of anilines is 2. The van der Waals surface area contributed by atoms with E-state index in [0.29, 0.717) is 30.8 Å². The van der Waals surface area contributed by atoms with E-state index in [4.69, 9.17) is 9.47 Å². The molecule has 1 aliphatic heterocycles. The zero-order chi connectivity index (χ0) is 18.9. The van der Waals surface area contributed by atoms with Crippen LogP contribution >= 0.6 is 0 Å². The smallest absolute Gasteiger partial charge is 0.230 e. The predicted octanol–water partition coefficient (Wildman–Crippen LogP) is 3.48. The predicted molar refractivity (Wildman–Crippen MR) is 107 cm³/mol. The third-order valence-electron chi connectivity index (χ3n) is 5.27. The summed E-state index contributed by atoms with van der Waals surface area (Å²) >= 11 is 0. The average molecular weight is 378 g/mol. The van der Waals surface area contributed by atoms with Gasteiger partial charge in [0.05, 0.1) is 11.9 Å². The van der Waals surface area contributed by atoms with Gasteiger partial charge in [-0.3, -0.25) is 9.89 Å². The Balaban J connectivity index is 1.30. The van der Waals surface area contributed by atoms with Crippen molar-refractivity contribution in [1.82, 2.24) is 10.2 Å². The standard InChI is InChI=1S/C21H22N4O3/c26-20(11-13-4-7-18-19(10-13)28-9-8-27-18)23-21-16-12-15(22-14-2-1-3-14)5-6-17(16)24-25-21/h4-7,10,12,14,22H,1-3,8-9,11H2,(H2,23,24,25,26). The number of aromatic nitrogens is 2. The number of fused-ring (bicyclic) bond motifs is 2. The van der Waals surface area contributed by atoms with Gasteiger partial charge in [0.25, 0.3) is 0 Å². The minimum atomic E-state index is -0.123. The summed E-state index contributed by atoms with van der Waals surface area (Å²) in [5.74, 6) is 1.84. The van der Waals surface area contributed by atoms with Gasteiger partial charge in [0, 0.05) is 17.1 Å². The number of benzene rings is 2. The maximum atomic E-state index is 12.6. The molecule has 3 N–H and O–H groups in total. The summed E-state index contributed by atoms with van der Waals surface area (Å²) in [6.45, 7) is 1.08. The monoisotopic (exact) mass is 378 g/mol. The van der Waals surface area contributed by atoms with Gasteiger partial charge in [-0.15, -0.1) is 0 Å². The Morgan fingerprint density at radius 3 is 2.79 bits per heavy atom. The molecule has 0 radical (unpaired) electrons. The summed E-state index contributed by atoms with van der Waals surface area (Å²) in [5.41, 5.74) is 2.82. The van der Waals surface area contributed by atoms with Crippen LogP contribution in [0.25, 0.3) is 10.9 Å². The molecule has 7 nitrogen and oxygen atoms in total. The summed E-state index contributed by atoms with van der Waals surface area (Å²) in [6.07, 6.45) is 3.95. The quantitative estimate of drug-likeness (QED) is 0.633. The molecule has 0 atom stereocenters. The van der Waals surface area contributed by atoms with Gasteiger partial charge in [-0.2, -0.15) is 5.10 Å². The second-order valence-electron chi connectivity index (χ2n) is 7.31. The van der Waals surface area contributed by atoms with Crippen LogP contribution < -0.4 is 20.1 Å². The van der Waals surface area contributed by atoms with Crippen LogP contribution in [0.15, 0.2) is 36.4 Å². The second kappa shape index (κ2) is 7.07. The molecule has 3 aromatic rings.